The molecule has 7 nitrogen and oxygen atoms in total. The fourth-order valence-electron chi connectivity index (χ4n) is 4.36. The second kappa shape index (κ2) is 13.7. The Bertz CT molecular complexity index is 1270. The minimum atomic E-state index is -1.01. The summed E-state index contributed by atoms with van der Waals surface area (Å²) in [6.45, 7) is 8.04. The predicted octanol–water partition coefficient (Wildman–Crippen LogP) is 6.12. The molecule has 0 aliphatic rings. The molecule has 0 fully saturated rings. The van der Waals surface area contributed by atoms with Gasteiger partial charge in [-0.05, 0) is 47.2 Å². The minimum absolute atomic E-state index is 0.0433. The van der Waals surface area contributed by atoms with Gasteiger partial charge in [-0.25, -0.2) is 4.79 Å². The van der Waals surface area contributed by atoms with E-state index in [9.17, 15) is 15.1 Å². The zero-order valence-corrected chi connectivity index (χ0v) is 22.8. The highest BCUT2D eigenvalue weighted by molar-refractivity contribution is 6.36. The Morgan fingerprint density at radius 2 is 1.53 bits per heavy atom. The lowest BCUT2D eigenvalue weighted by Crippen LogP contribution is -2.49. The number of benzene rings is 3. The normalized spacial score (nSPS) is 11.9. The van der Waals surface area contributed by atoms with E-state index in [2.05, 4.69) is 10.2 Å². The van der Waals surface area contributed by atoms with Gasteiger partial charge in [-0.15, -0.1) is 0 Å². The zero-order valence-electron chi connectivity index (χ0n) is 22.0. The summed E-state index contributed by atoms with van der Waals surface area (Å²) < 4.78 is 5.85. The van der Waals surface area contributed by atoms with E-state index >= 15 is 0 Å². The fraction of sp³-hybridized carbons (Fsp3) is 0.300. The lowest BCUT2D eigenvalue weighted by molar-refractivity contribution is -0.151. The molecule has 1 atom stereocenters. The summed E-state index contributed by atoms with van der Waals surface area (Å²) in [6, 6.07) is 24.0. The SMILES string of the molecule is CC(C)C(OC(=O)C(=[N+]=[N-])[C@@H](c1cccc(Cl)c1)N(Cc1ccccc1)NC(=O)c1ccccc1)C(C)C. The molecule has 0 saturated carbocycles. The highest BCUT2D eigenvalue weighted by atomic mass is 35.5. The van der Waals surface area contributed by atoms with Crippen LogP contribution in [-0.2, 0) is 16.1 Å². The maximum atomic E-state index is 13.5. The molecule has 38 heavy (non-hydrogen) atoms. The molecule has 0 aliphatic heterocycles. The van der Waals surface area contributed by atoms with Gasteiger partial charge in [-0.3, -0.25) is 10.2 Å². The molecule has 0 radical (unpaired) electrons. The average molecular weight is 533 g/mol. The highest BCUT2D eigenvalue weighted by Crippen LogP contribution is 2.27. The van der Waals surface area contributed by atoms with Crippen molar-refractivity contribution in [2.24, 2.45) is 11.8 Å². The van der Waals surface area contributed by atoms with Gasteiger partial charge in [-0.2, -0.15) is 9.80 Å². The van der Waals surface area contributed by atoms with Crippen LogP contribution in [-0.4, -0.2) is 33.5 Å². The Morgan fingerprint density at radius 3 is 2.08 bits per heavy atom. The maximum Gasteiger partial charge on any atom is 0.419 e. The summed E-state index contributed by atoms with van der Waals surface area (Å²) in [4.78, 5) is 30.2. The topological polar surface area (TPSA) is 95.0 Å². The predicted molar refractivity (Wildman–Crippen MR) is 148 cm³/mol. The second-order valence-corrected chi connectivity index (χ2v) is 10.2. The van der Waals surface area contributed by atoms with E-state index in [-0.39, 0.29) is 30.0 Å². The van der Waals surface area contributed by atoms with E-state index in [4.69, 9.17) is 16.3 Å². The Balaban J connectivity index is 2.10. The van der Waals surface area contributed by atoms with Gasteiger partial charge in [0.25, 0.3) is 5.91 Å². The van der Waals surface area contributed by atoms with Crippen LogP contribution >= 0.6 is 11.6 Å². The molecular weight excluding hydrogens is 500 g/mol. The van der Waals surface area contributed by atoms with Crippen LogP contribution in [0, 0.1) is 11.8 Å². The molecule has 8 heteroatoms. The number of nitrogens with one attached hydrogen (secondary N) is 1. The van der Waals surface area contributed by atoms with Crippen molar-refractivity contribution in [2.45, 2.75) is 46.4 Å². The molecule has 0 unspecified atom stereocenters. The molecular formula is C30H33ClN4O3. The van der Waals surface area contributed by atoms with Crippen LogP contribution in [0.25, 0.3) is 5.53 Å². The third-order valence-corrected chi connectivity index (χ3v) is 6.32. The number of carbonyl (C=O) groups is 2. The Kier molecular flexibility index (Phi) is 10.4. The third kappa shape index (κ3) is 7.62. The second-order valence-electron chi connectivity index (χ2n) is 9.72. The van der Waals surface area contributed by atoms with Crippen molar-refractivity contribution >= 4 is 29.2 Å². The number of ether oxygens (including phenoxy) is 1. The van der Waals surface area contributed by atoms with Gasteiger partial charge in [0.2, 0.25) is 0 Å². The number of rotatable bonds is 11. The number of esters is 1. The molecule has 0 aliphatic carbocycles. The van der Waals surface area contributed by atoms with E-state index in [1.165, 1.54) is 0 Å². The summed E-state index contributed by atoms with van der Waals surface area (Å²) in [6.07, 6.45) is -0.402. The molecule has 198 valence electrons. The van der Waals surface area contributed by atoms with Crippen molar-refractivity contribution in [1.29, 1.82) is 0 Å². The first-order valence-corrected chi connectivity index (χ1v) is 12.9. The third-order valence-electron chi connectivity index (χ3n) is 6.09. The Morgan fingerprint density at radius 1 is 0.921 bits per heavy atom. The van der Waals surface area contributed by atoms with Crippen LogP contribution in [0.4, 0.5) is 0 Å². The van der Waals surface area contributed by atoms with Gasteiger partial charge in [0.15, 0.2) is 6.04 Å². The molecule has 0 heterocycles. The maximum absolute atomic E-state index is 13.5. The summed E-state index contributed by atoms with van der Waals surface area (Å²) in [5.41, 5.74) is 14.6. The summed E-state index contributed by atoms with van der Waals surface area (Å²) in [5.74, 6) is -1.08. The van der Waals surface area contributed by atoms with E-state index < -0.39 is 18.1 Å². The number of halogens is 1. The highest BCUT2D eigenvalue weighted by Gasteiger charge is 2.41. The van der Waals surface area contributed by atoms with Crippen molar-refractivity contribution in [3.05, 3.63) is 112 Å². The largest absolute Gasteiger partial charge is 0.453 e. The van der Waals surface area contributed by atoms with E-state index in [1.807, 2.05) is 64.1 Å². The molecule has 0 saturated heterocycles. The van der Waals surface area contributed by atoms with E-state index in [1.54, 1.807) is 53.5 Å². The fourth-order valence-corrected chi connectivity index (χ4v) is 4.55. The van der Waals surface area contributed by atoms with Gasteiger partial charge in [0.1, 0.15) is 6.10 Å². The first-order chi connectivity index (χ1) is 18.2. The Hall–Kier alpha value is -3.77. The summed E-state index contributed by atoms with van der Waals surface area (Å²) in [5, 5.41) is 1.99. The van der Waals surface area contributed by atoms with Crippen molar-refractivity contribution in [1.82, 2.24) is 10.4 Å². The Labute approximate surface area is 229 Å². The lowest BCUT2D eigenvalue weighted by Gasteiger charge is -2.30. The number of hydrazine groups is 1. The molecule has 0 bridgehead atoms. The van der Waals surface area contributed by atoms with Crippen LogP contribution < -0.4 is 5.43 Å². The molecule has 1 N–H and O–H groups in total. The summed E-state index contributed by atoms with van der Waals surface area (Å²) in [7, 11) is 0. The number of hydrogen-bond donors (Lipinski definition) is 1. The van der Waals surface area contributed by atoms with Crippen LogP contribution in [0.2, 0.25) is 5.02 Å². The van der Waals surface area contributed by atoms with Gasteiger partial charge in [0.05, 0.1) is 0 Å². The van der Waals surface area contributed by atoms with Crippen LogP contribution in [0.1, 0.15) is 55.2 Å². The average Bonchev–Trinajstić information content (AvgIpc) is 2.90. The number of amides is 1. The molecule has 3 aromatic carbocycles. The van der Waals surface area contributed by atoms with Crippen LogP contribution in [0.3, 0.4) is 0 Å². The van der Waals surface area contributed by atoms with Gasteiger partial charge < -0.3 is 10.3 Å². The zero-order chi connectivity index (χ0) is 27.7. The van der Waals surface area contributed by atoms with Crippen LogP contribution in [0.15, 0.2) is 84.9 Å². The number of hydrogen-bond acceptors (Lipinski definition) is 4. The van der Waals surface area contributed by atoms with Gasteiger partial charge >= 0.3 is 11.7 Å². The van der Waals surface area contributed by atoms with Crippen molar-refractivity contribution in [3.8, 4) is 0 Å². The molecule has 3 aromatic rings. The van der Waals surface area contributed by atoms with Crippen molar-refractivity contribution in [2.75, 3.05) is 0 Å². The monoisotopic (exact) mass is 532 g/mol. The standard InChI is InChI=1S/C30H33ClN4O3/c1-20(2)28(21(3)4)38-30(37)26(33-32)27(24-16-11-17-25(31)18-24)35(19-22-12-7-5-8-13-22)34-29(36)23-14-9-6-10-15-23/h5-18,20-21,27-28H,19H2,1-4H3,(H,34,36)/t27-/m1/s1. The molecule has 0 spiro atoms. The number of carbonyl (C=O) groups excluding carboxylic acids is 2. The molecule has 1 amide bonds. The van der Waals surface area contributed by atoms with E-state index in [0.29, 0.717) is 16.1 Å². The lowest BCUT2D eigenvalue weighted by atomic mass is 9.96. The summed E-state index contributed by atoms with van der Waals surface area (Å²) >= 11 is 6.33. The smallest absolute Gasteiger partial charge is 0.419 e. The van der Waals surface area contributed by atoms with E-state index in [0.717, 1.165) is 5.56 Å². The molecule has 3 rings (SSSR count). The van der Waals surface area contributed by atoms with Crippen LogP contribution in [0.5, 0.6) is 0 Å². The van der Waals surface area contributed by atoms with Crippen molar-refractivity contribution < 1.29 is 19.1 Å². The first kappa shape index (κ1) is 28.8. The van der Waals surface area contributed by atoms with Crippen molar-refractivity contribution in [3.63, 3.8) is 0 Å². The van der Waals surface area contributed by atoms with Gasteiger partial charge in [-0.1, -0.05) is 100.0 Å². The first-order valence-electron chi connectivity index (χ1n) is 12.6. The minimum Gasteiger partial charge on any atom is -0.453 e. The van der Waals surface area contributed by atoms with Gasteiger partial charge in [0, 0.05) is 17.1 Å². The molecule has 0 aromatic heterocycles. The number of nitrogens with zero attached hydrogens (tertiary/aromatic N) is 3. The quantitative estimate of drug-likeness (QED) is 0.106.